The van der Waals surface area contributed by atoms with Crippen molar-refractivity contribution >= 4 is 30.2 Å². The van der Waals surface area contributed by atoms with Crippen molar-refractivity contribution in [3.8, 4) is 5.75 Å². The van der Waals surface area contributed by atoms with E-state index in [0.29, 0.717) is 6.61 Å². The number of ether oxygens (including phenoxy) is 1. The van der Waals surface area contributed by atoms with E-state index in [1.54, 1.807) is 11.8 Å². The Morgan fingerprint density at radius 3 is 2.95 bits per heavy atom. The lowest BCUT2D eigenvalue weighted by molar-refractivity contribution is 0.00658. The molecule has 1 fully saturated rings. The molecule has 0 bridgehead atoms. The Morgan fingerprint density at radius 2 is 2.27 bits per heavy atom. The lowest BCUT2D eigenvalue weighted by Crippen LogP contribution is -2.34. The van der Waals surface area contributed by atoms with Gasteiger partial charge in [0.25, 0.3) is 0 Å². The third-order valence-corrected chi connectivity index (χ3v) is 6.51. The quantitative estimate of drug-likeness (QED) is 0.541. The fraction of sp³-hybridized carbons (Fsp3) is 0.600. The van der Waals surface area contributed by atoms with Gasteiger partial charge in [-0.15, -0.1) is 11.8 Å². The second-order valence-electron chi connectivity index (χ2n) is 4.90. The molecular formula is C15H24NO3PS2. The van der Waals surface area contributed by atoms with Crippen molar-refractivity contribution in [2.24, 2.45) is 0 Å². The minimum absolute atomic E-state index is 0.0701. The van der Waals surface area contributed by atoms with Crippen molar-refractivity contribution in [3.05, 3.63) is 24.3 Å². The van der Waals surface area contributed by atoms with Crippen molar-refractivity contribution in [3.63, 3.8) is 0 Å². The SMILES string of the molecule is CCOP(=S)(NC1CCCCO1)Oc1cccc(SCC)c1. The predicted molar refractivity (Wildman–Crippen MR) is 96.1 cm³/mol. The molecule has 7 heteroatoms. The monoisotopic (exact) mass is 361 g/mol. The van der Waals surface area contributed by atoms with E-state index in [2.05, 4.69) is 18.1 Å². The minimum Gasteiger partial charge on any atom is -0.433 e. The highest BCUT2D eigenvalue weighted by Gasteiger charge is 2.26. The molecule has 1 aliphatic heterocycles. The van der Waals surface area contributed by atoms with E-state index in [0.717, 1.165) is 37.4 Å². The lowest BCUT2D eigenvalue weighted by atomic mass is 10.2. The van der Waals surface area contributed by atoms with Crippen LogP contribution in [0.1, 0.15) is 33.1 Å². The summed E-state index contributed by atoms with van der Waals surface area (Å²) < 4.78 is 17.5. The van der Waals surface area contributed by atoms with Gasteiger partial charge in [0, 0.05) is 11.5 Å². The van der Waals surface area contributed by atoms with Gasteiger partial charge in [-0.25, -0.2) is 5.09 Å². The van der Waals surface area contributed by atoms with Gasteiger partial charge in [0.05, 0.1) is 6.61 Å². The first kappa shape index (κ1) is 18.2. The first-order valence-electron chi connectivity index (χ1n) is 7.71. The highest BCUT2D eigenvalue weighted by Crippen LogP contribution is 2.46. The van der Waals surface area contributed by atoms with Crippen molar-refractivity contribution < 1.29 is 13.8 Å². The van der Waals surface area contributed by atoms with Gasteiger partial charge >= 0.3 is 6.64 Å². The number of benzene rings is 1. The van der Waals surface area contributed by atoms with Crippen LogP contribution < -0.4 is 9.61 Å². The van der Waals surface area contributed by atoms with Crippen LogP contribution in [-0.2, 0) is 21.1 Å². The highest BCUT2D eigenvalue weighted by molar-refractivity contribution is 8.09. The molecule has 124 valence electrons. The molecule has 2 unspecified atom stereocenters. The Bertz CT molecular complexity index is 509. The molecule has 0 spiro atoms. The molecule has 0 aliphatic carbocycles. The molecule has 0 aromatic heterocycles. The van der Waals surface area contributed by atoms with Crippen molar-refractivity contribution in [2.45, 2.75) is 44.2 Å². The molecule has 0 amide bonds. The van der Waals surface area contributed by atoms with Gasteiger partial charge in [-0.05, 0) is 61.9 Å². The molecule has 0 radical (unpaired) electrons. The van der Waals surface area contributed by atoms with Crippen LogP contribution >= 0.6 is 18.4 Å². The molecule has 2 atom stereocenters. The molecule has 0 saturated carbocycles. The summed E-state index contributed by atoms with van der Waals surface area (Å²) in [5.41, 5.74) is 0. The maximum Gasteiger partial charge on any atom is 0.314 e. The summed E-state index contributed by atoms with van der Waals surface area (Å²) in [6.45, 7) is 2.74. The molecule has 1 aliphatic rings. The van der Waals surface area contributed by atoms with Crippen LogP contribution in [0.3, 0.4) is 0 Å². The van der Waals surface area contributed by atoms with E-state index in [1.807, 2.05) is 25.1 Å². The smallest absolute Gasteiger partial charge is 0.314 e. The molecule has 22 heavy (non-hydrogen) atoms. The predicted octanol–water partition coefficient (Wildman–Crippen LogP) is 4.55. The summed E-state index contributed by atoms with van der Waals surface area (Å²) in [6, 6.07) is 7.99. The van der Waals surface area contributed by atoms with Crippen molar-refractivity contribution in [2.75, 3.05) is 19.0 Å². The normalized spacial score (nSPS) is 21.3. The fourth-order valence-electron chi connectivity index (χ4n) is 2.21. The maximum absolute atomic E-state index is 6.03. The topological polar surface area (TPSA) is 39.7 Å². The Morgan fingerprint density at radius 1 is 1.41 bits per heavy atom. The van der Waals surface area contributed by atoms with Gasteiger partial charge in [0.1, 0.15) is 12.0 Å². The first-order chi connectivity index (χ1) is 10.6. The summed E-state index contributed by atoms with van der Waals surface area (Å²) in [6.07, 6.45) is 3.12. The van der Waals surface area contributed by atoms with Crippen LogP contribution in [0.25, 0.3) is 0 Å². The molecule has 1 N–H and O–H groups in total. The van der Waals surface area contributed by atoms with Gasteiger partial charge in [-0.1, -0.05) is 13.0 Å². The summed E-state index contributed by atoms with van der Waals surface area (Å²) in [5, 5.41) is 3.29. The molecule has 4 nitrogen and oxygen atoms in total. The number of thioether (sulfide) groups is 1. The van der Waals surface area contributed by atoms with Crippen LogP contribution in [0.5, 0.6) is 5.75 Å². The van der Waals surface area contributed by atoms with Crippen LogP contribution in [0.4, 0.5) is 0 Å². The molecule has 1 aromatic carbocycles. The van der Waals surface area contributed by atoms with E-state index < -0.39 is 6.64 Å². The fourth-order valence-corrected chi connectivity index (χ4v) is 5.31. The lowest BCUT2D eigenvalue weighted by Gasteiger charge is -2.30. The number of hydrogen-bond acceptors (Lipinski definition) is 5. The van der Waals surface area contributed by atoms with Crippen LogP contribution in [0.15, 0.2) is 29.2 Å². The summed E-state index contributed by atoms with van der Waals surface area (Å²) in [5.74, 6) is 1.77. The van der Waals surface area contributed by atoms with E-state index in [9.17, 15) is 0 Å². The molecule has 1 heterocycles. The Balaban J connectivity index is 2.06. The van der Waals surface area contributed by atoms with Crippen LogP contribution in [0.2, 0.25) is 0 Å². The largest absolute Gasteiger partial charge is 0.433 e. The van der Waals surface area contributed by atoms with Crippen LogP contribution in [-0.4, -0.2) is 25.2 Å². The molecule has 1 saturated heterocycles. The van der Waals surface area contributed by atoms with E-state index in [1.165, 1.54) is 4.90 Å². The average molecular weight is 361 g/mol. The summed E-state index contributed by atoms with van der Waals surface area (Å²) in [7, 11) is 0. The highest BCUT2D eigenvalue weighted by atomic mass is 32.5. The summed E-state index contributed by atoms with van der Waals surface area (Å²) in [4.78, 5) is 1.17. The zero-order valence-electron chi connectivity index (χ0n) is 13.1. The van der Waals surface area contributed by atoms with E-state index in [-0.39, 0.29) is 6.23 Å². The number of hydrogen-bond donors (Lipinski definition) is 1. The van der Waals surface area contributed by atoms with E-state index >= 15 is 0 Å². The minimum atomic E-state index is -2.60. The van der Waals surface area contributed by atoms with Gasteiger partial charge < -0.3 is 13.8 Å². The zero-order valence-corrected chi connectivity index (χ0v) is 15.6. The molecule has 1 aromatic rings. The van der Waals surface area contributed by atoms with Gasteiger partial charge in [-0.2, -0.15) is 0 Å². The standard InChI is InChI=1S/C15H24NO3PS2/c1-3-18-20(21,16-15-10-5-6-11-17-15)19-13-8-7-9-14(12-13)22-4-2/h7-9,12,15H,3-6,10-11H2,1-2H3,(H,16,21). The number of rotatable bonds is 8. The average Bonchev–Trinajstić information content (AvgIpc) is 2.49. The molecular weight excluding hydrogens is 337 g/mol. The second kappa shape index (κ2) is 9.26. The molecule has 2 rings (SSSR count). The third-order valence-electron chi connectivity index (χ3n) is 3.12. The summed E-state index contributed by atoms with van der Waals surface area (Å²) >= 11 is 7.42. The Hall–Kier alpha value is -0.100. The Kier molecular flexibility index (Phi) is 7.68. The number of nitrogens with one attached hydrogen (secondary N) is 1. The maximum atomic E-state index is 6.03. The van der Waals surface area contributed by atoms with Gasteiger partial charge in [0.2, 0.25) is 0 Å². The van der Waals surface area contributed by atoms with Crippen molar-refractivity contribution in [1.82, 2.24) is 5.09 Å². The van der Waals surface area contributed by atoms with Gasteiger partial charge in [-0.3, -0.25) is 0 Å². The first-order valence-corrected chi connectivity index (χ1v) is 11.3. The third kappa shape index (κ3) is 5.84. The van der Waals surface area contributed by atoms with Crippen molar-refractivity contribution in [1.29, 1.82) is 0 Å². The zero-order chi connectivity index (χ0) is 15.8. The van der Waals surface area contributed by atoms with Gasteiger partial charge in [0.15, 0.2) is 0 Å². The Labute approximate surface area is 142 Å². The second-order valence-corrected chi connectivity index (χ2v) is 9.37. The van der Waals surface area contributed by atoms with E-state index in [4.69, 9.17) is 25.6 Å². The van der Waals surface area contributed by atoms with Crippen LogP contribution in [0, 0.1) is 0 Å².